The van der Waals surface area contributed by atoms with Crippen molar-refractivity contribution in [1.82, 2.24) is 9.71 Å². The second-order valence-electron chi connectivity index (χ2n) is 8.89. The van der Waals surface area contributed by atoms with Crippen molar-refractivity contribution < 1.29 is 31.6 Å². The topological polar surface area (TPSA) is 97.5 Å². The number of ether oxygens (including phenoxy) is 1. The zero-order valence-electron chi connectivity index (χ0n) is 18.0. The van der Waals surface area contributed by atoms with Crippen LogP contribution >= 0.6 is 0 Å². The van der Waals surface area contributed by atoms with E-state index in [0.29, 0.717) is 0 Å². The standard InChI is InChI=1S/C21H25F4N3O3S/c1-18(2,3)32(30)28-20(21(23,24)25)11-31-17-14(20)9-15(19(4,29)10-26)27-16(17)12-5-7-13(22)8-6-12/h5-9,28-29H,10-11,26H2,1-4H3/t19?,20-,32?/m0/s1. The summed E-state index contributed by atoms with van der Waals surface area (Å²) in [5, 5.41) is 10.7. The number of aliphatic hydroxyl groups is 1. The number of nitrogens with two attached hydrogens (primary N) is 1. The van der Waals surface area contributed by atoms with Crippen LogP contribution in [0.25, 0.3) is 11.3 Å². The van der Waals surface area contributed by atoms with E-state index in [4.69, 9.17) is 10.5 Å². The van der Waals surface area contributed by atoms with Crippen molar-refractivity contribution in [3.8, 4) is 17.0 Å². The molecule has 0 saturated carbocycles. The van der Waals surface area contributed by atoms with E-state index in [1.807, 2.05) is 0 Å². The van der Waals surface area contributed by atoms with Gasteiger partial charge in [-0.2, -0.15) is 13.2 Å². The minimum Gasteiger partial charge on any atom is -0.488 e. The molecule has 6 nitrogen and oxygen atoms in total. The third-order valence-corrected chi connectivity index (χ3v) is 6.89. The number of rotatable bonds is 5. The van der Waals surface area contributed by atoms with Crippen molar-refractivity contribution in [1.29, 1.82) is 0 Å². The number of aromatic nitrogens is 1. The summed E-state index contributed by atoms with van der Waals surface area (Å²) in [5.74, 6) is -0.729. The lowest BCUT2D eigenvalue weighted by molar-refractivity contribution is -0.196. The summed E-state index contributed by atoms with van der Waals surface area (Å²) < 4.78 is 76.4. The maximum atomic E-state index is 14.5. The highest BCUT2D eigenvalue weighted by Gasteiger charge is 2.63. The van der Waals surface area contributed by atoms with Gasteiger partial charge >= 0.3 is 6.18 Å². The summed E-state index contributed by atoms with van der Waals surface area (Å²) in [6.07, 6.45) is -4.91. The first-order valence-corrected chi connectivity index (χ1v) is 10.9. The average Bonchev–Trinajstić information content (AvgIpc) is 3.07. The molecule has 0 radical (unpaired) electrons. The maximum absolute atomic E-state index is 14.5. The fourth-order valence-electron chi connectivity index (χ4n) is 3.13. The lowest BCUT2D eigenvalue weighted by Crippen LogP contribution is -2.58. The number of alkyl halides is 3. The summed E-state index contributed by atoms with van der Waals surface area (Å²) >= 11 is 0. The van der Waals surface area contributed by atoms with Gasteiger partial charge in [-0.25, -0.2) is 18.3 Å². The van der Waals surface area contributed by atoms with E-state index in [1.165, 1.54) is 39.8 Å². The van der Waals surface area contributed by atoms with Crippen LogP contribution in [0.3, 0.4) is 0 Å². The van der Waals surface area contributed by atoms with Gasteiger partial charge < -0.3 is 15.6 Å². The van der Waals surface area contributed by atoms with E-state index in [2.05, 4.69) is 9.71 Å². The molecule has 0 amide bonds. The Kier molecular flexibility index (Phi) is 6.18. The largest absolute Gasteiger partial charge is 0.488 e. The summed E-state index contributed by atoms with van der Waals surface area (Å²) in [5.41, 5.74) is 0.820. The van der Waals surface area contributed by atoms with Crippen LogP contribution in [-0.2, 0) is 22.1 Å². The van der Waals surface area contributed by atoms with E-state index in [-0.39, 0.29) is 34.8 Å². The van der Waals surface area contributed by atoms with Crippen molar-refractivity contribution in [3.63, 3.8) is 0 Å². The Hall–Kier alpha value is -2.08. The van der Waals surface area contributed by atoms with Gasteiger partial charge in [0, 0.05) is 17.7 Å². The zero-order valence-corrected chi connectivity index (χ0v) is 18.8. The molecule has 1 aliphatic heterocycles. The molecule has 0 aliphatic carbocycles. The van der Waals surface area contributed by atoms with Gasteiger partial charge in [-0.05, 0) is 58.0 Å². The molecule has 176 valence electrons. The van der Waals surface area contributed by atoms with Gasteiger partial charge in [-0.15, -0.1) is 0 Å². The maximum Gasteiger partial charge on any atom is 0.415 e. The number of hydrogen-bond acceptors (Lipinski definition) is 5. The molecule has 0 fully saturated rings. The Balaban J connectivity index is 2.32. The number of benzene rings is 1. The smallest absolute Gasteiger partial charge is 0.415 e. The SMILES string of the molecule is CC(O)(CN)c1cc2c(c(-c3ccc(F)cc3)n1)OC[C@@]2(NS(=O)C(C)(C)C)C(F)(F)F. The summed E-state index contributed by atoms with van der Waals surface area (Å²) in [6, 6.07) is 6.03. The molecular weight excluding hydrogens is 450 g/mol. The highest BCUT2D eigenvalue weighted by Crippen LogP contribution is 2.51. The van der Waals surface area contributed by atoms with Crippen molar-refractivity contribution in [3.05, 3.63) is 47.4 Å². The number of halogens is 4. The summed E-state index contributed by atoms with van der Waals surface area (Å²) in [4.78, 5) is 4.31. The van der Waals surface area contributed by atoms with E-state index in [1.54, 1.807) is 0 Å². The predicted molar refractivity (Wildman–Crippen MR) is 113 cm³/mol. The number of hydrogen-bond donors (Lipinski definition) is 3. The molecule has 11 heteroatoms. The fraction of sp³-hybridized carbons (Fsp3) is 0.476. The molecule has 0 spiro atoms. The first-order chi connectivity index (χ1) is 14.6. The first kappa shape index (κ1) is 24.6. The molecule has 3 rings (SSSR count). The lowest BCUT2D eigenvalue weighted by Gasteiger charge is -2.34. The lowest BCUT2D eigenvalue weighted by atomic mass is 9.88. The number of fused-ring (bicyclic) bond motifs is 1. The summed E-state index contributed by atoms with van der Waals surface area (Å²) in [7, 11) is -2.11. The Labute approximate surface area is 185 Å². The van der Waals surface area contributed by atoms with E-state index < -0.39 is 45.5 Å². The van der Waals surface area contributed by atoms with Gasteiger partial charge in [0.25, 0.3) is 0 Å². The minimum absolute atomic E-state index is 0.0132. The van der Waals surface area contributed by atoms with E-state index in [0.717, 1.165) is 18.2 Å². The normalized spacial score (nSPS) is 21.6. The highest BCUT2D eigenvalue weighted by molar-refractivity contribution is 7.84. The molecule has 32 heavy (non-hydrogen) atoms. The van der Waals surface area contributed by atoms with Crippen LogP contribution in [0.15, 0.2) is 30.3 Å². The van der Waals surface area contributed by atoms with Gasteiger partial charge in [0.2, 0.25) is 0 Å². The van der Waals surface area contributed by atoms with E-state index >= 15 is 0 Å². The third kappa shape index (κ3) is 4.26. The van der Waals surface area contributed by atoms with Crippen LogP contribution in [-0.4, -0.2) is 38.4 Å². The van der Waals surface area contributed by atoms with Crippen LogP contribution in [0.1, 0.15) is 39.0 Å². The Morgan fingerprint density at radius 3 is 2.31 bits per heavy atom. The molecule has 0 bridgehead atoms. The van der Waals surface area contributed by atoms with Crippen LogP contribution in [0, 0.1) is 5.82 Å². The Morgan fingerprint density at radius 2 is 1.81 bits per heavy atom. The molecule has 2 unspecified atom stereocenters. The number of pyridine rings is 1. The van der Waals surface area contributed by atoms with Gasteiger partial charge in [-0.3, -0.25) is 0 Å². The van der Waals surface area contributed by atoms with Gasteiger partial charge in [0.1, 0.15) is 23.7 Å². The van der Waals surface area contributed by atoms with Gasteiger partial charge in [0.15, 0.2) is 11.3 Å². The summed E-state index contributed by atoms with van der Waals surface area (Å²) in [6.45, 7) is 4.73. The molecule has 1 aliphatic rings. The van der Waals surface area contributed by atoms with E-state index in [9.17, 15) is 26.9 Å². The van der Waals surface area contributed by atoms with Crippen molar-refractivity contribution in [2.75, 3.05) is 13.2 Å². The molecule has 2 aromatic rings. The molecule has 2 heterocycles. The Bertz CT molecular complexity index is 1040. The fourth-order valence-corrected chi connectivity index (χ4v) is 4.03. The number of nitrogens with one attached hydrogen (secondary N) is 1. The predicted octanol–water partition coefficient (Wildman–Crippen LogP) is 3.26. The Morgan fingerprint density at radius 1 is 1.22 bits per heavy atom. The monoisotopic (exact) mass is 475 g/mol. The molecule has 4 N–H and O–H groups in total. The molecular formula is C21H25F4N3O3S. The second kappa shape index (κ2) is 8.05. The van der Waals surface area contributed by atoms with Crippen LogP contribution in [0.4, 0.5) is 17.6 Å². The molecule has 1 aromatic carbocycles. The first-order valence-electron chi connectivity index (χ1n) is 9.76. The molecule has 1 aromatic heterocycles. The minimum atomic E-state index is -4.91. The van der Waals surface area contributed by atoms with Crippen LogP contribution in [0.2, 0.25) is 0 Å². The quantitative estimate of drug-likeness (QED) is 0.577. The van der Waals surface area contributed by atoms with Crippen molar-refractivity contribution >= 4 is 11.0 Å². The van der Waals surface area contributed by atoms with Crippen LogP contribution in [0.5, 0.6) is 5.75 Å². The highest BCUT2D eigenvalue weighted by atomic mass is 32.2. The van der Waals surface area contributed by atoms with Gasteiger partial charge in [0.05, 0.1) is 21.4 Å². The zero-order chi connectivity index (χ0) is 24.1. The number of nitrogens with zero attached hydrogens (tertiary/aromatic N) is 1. The average molecular weight is 476 g/mol. The molecule has 0 saturated heterocycles. The molecule has 3 atom stereocenters. The third-order valence-electron chi connectivity index (χ3n) is 5.24. The second-order valence-corrected chi connectivity index (χ2v) is 10.9. The van der Waals surface area contributed by atoms with Crippen LogP contribution < -0.4 is 15.2 Å². The van der Waals surface area contributed by atoms with Crippen molar-refractivity contribution in [2.45, 2.75) is 49.8 Å². The van der Waals surface area contributed by atoms with Gasteiger partial charge in [-0.1, -0.05) is 0 Å². The van der Waals surface area contributed by atoms with Crippen molar-refractivity contribution in [2.24, 2.45) is 5.73 Å².